The molecule has 30 heavy (non-hydrogen) atoms. The molecule has 7 heteroatoms. The van der Waals surface area contributed by atoms with Gasteiger partial charge in [0.25, 0.3) is 5.91 Å². The topological polar surface area (TPSA) is 58.6 Å². The highest BCUT2D eigenvalue weighted by Crippen LogP contribution is 2.26. The largest absolute Gasteiger partial charge is 0.484 e. The summed E-state index contributed by atoms with van der Waals surface area (Å²) >= 11 is 12.5. The van der Waals surface area contributed by atoms with Crippen molar-refractivity contribution in [2.45, 2.75) is 53.2 Å². The average Bonchev–Trinajstić information content (AvgIpc) is 2.68. The highest BCUT2D eigenvalue weighted by atomic mass is 35.5. The number of nitrogens with one attached hydrogen (secondary N) is 1. The molecule has 5 nitrogen and oxygen atoms in total. The number of hydrogen-bond donors (Lipinski definition) is 1. The highest BCUT2D eigenvalue weighted by molar-refractivity contribution is 6.32. The van der Waals surface area contributed by atoms with Gasteiger partial charge in [-0.1, -0.05) is 41.4 Å². The first-order valence-electron chi connectivity index (χ1n) is 9.83. The van der Waals surface area contributed by atoms with Crippen LogP contribution in [0.3, 0.4) is 0 Å². The molecule has 0 aliphatic rings. The van der Waals surface area contributed by atoms with E-state index in [1.54, 1.807) is 25.1 Å². The molecule has 2 aromatic carbocycles. The number of carbonyl (C=O) groups excluding carboxylic acids is 2. The van der Waals surface area contributed by atoms with Crippen molar-refractivity contribution < 1.29 is 14.3 Å². The van der Waals surface area contributed by atoms with Crippen LogP contribution in [0.4, 0.5) is 0 Å². The molecule has 1 atom stereocenters. The van der Waals surface area contributed by atoms with Crippen LogP contribution in [-0.2, 0) is 16.1 Å². The van der Waals surface area contributed by atoms with Crippen LogP contribution in [0.1, 0.15) is 37.5 Å². The van der Waals surface area contributed by atoms with E-state index in [1.165, 1.54) is 4.90 Å². The second-order valence-corrected chi connectivity index (χ2v) is 8.40. The molecule has 0 fully saturated rings. The molecule has 2 aromatic rings. The SMILES string of the molecule is Cc1cc(OCC(=O)N(Cc2ccccc2Cl)C(C)C(=O)NC(C)C)cc(C)c1Cl. The predicted molar refractivity (Wildman–Crippen MR) is 121 cm³/mol. The number of hydrogen-bond acceptors (Lipinski definition) is 3. The second-order valence-electron chi connectivity index (χ2n) is 7.61. The Labute approximate surface area is 188 Å². The Balaban J connectivity index is 2.21. The maximum Gasteiger partial charge on any atom is 0.261 e. The maximum atomic E-state index is 13.1. The molecule has 0 aliphatic carbocycles. The van der Waals surface area contributed by atoms with E-state index < -0.39 is 6.04 Å². The minimum atomic E-state index is -0.687. The lowest BCUT2D eigenvalue weighted by Gasteiger charge is -2.29. The van der Waals surface area contributed by atoms with Crippen molar-refractivity contribution in [3.63, 3.8) is 0 Å². The van der Waals surface area contributed by atoms with Crippen LogP contribution in [0.2, 0.25) is 10.0 Å². The molecule has 0 spiro atoms. The Hall–Kier alpha value is -2.24. The minimum Gasteiger partial charge on any atom is -0.484 e. The Morgan fingerprint density at radius 3 is 2.23 bits per heavy atom. The Morgan fingerprint density at radius 2 is 1.67 bits per heavy atom. The first-order valence-corrected chi connectivity index (χ1v) is 10.6. The Morgan fingerprint density at radius 1 is 1.07 bits per heavy atom. The van der Waals surface area contributed by atoms with E-state index in [9.17, 15) is 9.59 Å². The molecule has 2 rings (SSSR count). The van der Waals surface area contributed by atoms with Gasteiger partial charge in [-0.25, -0.2) is 0 Å². The van der Waals surface area contributed by atoms with Gasteiger partial charge in [-0.2, -0.15) is 0 Å². The van der Waals surface area contributed by atoms with Gasteiger partial charge in [0.2, 0.25) is 5.91 Å². The normalized spacial score (nSPS) is 11.9. The molecule has 2 amide bonds. The van der Waals surface area contributed by atoms with E-state index in [0.29, 0.717) is 15.8 Å². The van der Waals surface area contributed by atoms with Crippen LogP contribution in [-0.4, -0.2) is 35.4 Å². The molecule has 0 saturated heterocycles. The monoisotopic (exact) mass is 450 g/mol. The van der Waals surface area contributed by atoms with Crippen molar-refractivity contribution in [3.05, 3.63) is 63.1 Å². The van der Waals surface area contributed by atoms with Gasteiger partial charge in [-0.3, -0.25) is 9.59 Å². The third kappa shape index (κ3) is 6.38. The molecule has 0 saturated carbocycles. The van der Waals surface area contributed by atoms with Gasteiger partial charge in [0.15, 0.2) is 6.61 Å². The van der Waals surface area contributed by atoms with E-state index in [-0.39, 0.29) is 31.0 Å². The number of aryl methyl sites for hydroxylation is 2. The summed E-state index contributed by atoms with van der Waals surface area (Å²) in [4.78, 5) is 27.1. The van der Waals surface area contributed by atoms with E-state index in [0.717, 1.165) is 16.7 Å². The van der Waals surface area contributed by atoms with Crippen LogP contribution < -0.4 is 10.1 Å². The van der Waals surface area contributed by atoms with Crippen molar-refractivity contribution in [1.82, 2.24) is 10.2 Å². The van der Waals surface area contributed by atoms with Gasteiger partial charge in [0.05, 0.1) is 0 Å². The van der Waals surface area contributed by atoms with Crippen molar-refractivity contribution in [2.75, 3.05) is 6.61 Å². The fraction of sp³-hybridized carbons (Fsp3) is 0.391. The fourth-order valence-corrected chi connectivity index (χ4v) is 3.32. The minimum absolute atomic E-state index is 0.0338. The molecule has 1 unspecified atom stereocenters. The van der Waals surface area contributed by atoms with Crippen LogP contribution >= 0.6 is 23.2 Å². The van der Waals surface area contributed by atoms with Crippen molar-refractivity contribution in [1.29, 1.82) is 0 Å². The quantitative estimate of drug-likeness (QED) is 0.619. The van der Waals surface area contributed by atoms with Crippen LogP contribution in [0.25, 0.3) is 0 Å². The molecule has 0 aromatic heterocycles. The first kappa shape index (κ1) is 24.0. The zero-order chi connectivity index (χ0) is 22.4. The van der Waals surface area contributed by atoms with Crippen molar-refractivity contribution in [3.8, 4) is 5.75 Å². The molecule has 0 aliphatic heterocycles. The molecule has 0 radical (unpaired) electrons. The van der Waals surface area contributed by atoms with E-state index in [1.807, 2.05) is 45.9 Å². The number of nitrogens with zero attached hydrogens (tertiary/aromatic N) is 1. The summed E-state index contributed by atoms with van der Waals surface area (Å²) in [5.74, 6) is 0.00916. The highest BCUT2D eigenvalue weighted by Gasteiger charge is 2.27. The number of halogens is 2. The number of carbonyl (C=O) groups is 2. The third-order valence-electron chi connectivity index (χ3n) is 4.67. The average molecular weight is 451 g/mol. The van der Waals surface area contributed by atoms with Gasteiger partial charge in [-0.15, -0.1) is 0 Å². The second kappa shape index (κ2) is 10.7. The lowest BCUT2D eigenvalue weighted by atomic mass is 10.1. The lowest BCUT2D eigenvalue weighted by Crippen LogP contribution is -2.50. The summed E-state index contributed by atoms with van der Waals surface area (Å²) in [6.45, 7) is 9.21. The molecular weight excluding hydrogens is 423 g/mol. The van der Waals surface area contributed by atoms with E-state index in [4.69, 9.17) is 27.9 Å². The van der Waals surface area contributed by atoms with Gasteiger partial charge >= 0.3 is 0 Å². The summed E-state index contributed by atoms with van der Waals surface area (Å²) in [6, 6.07) is 10.1. The summed E-state index contributed by atoms with van der Waals surface area (Å²) in [6.07, 6.45) is 0. The zero-order valence-corrected chi connectivity index (χ0v) is 19.5. The first-order chi connectivity index (χ1) is 14.1. The number of amides is 2. The van der Waals surface area contributed by atoms with Gasteiger partial charge in [0, 0.05) is 22.6 Å². The molecular formula is C23H28Cl2N2O3. The van der Waals surface area contributed by atoms with Crippen molar-refractivity contribution in [2.24, 2.45) is 0 Å². The van der Waals surface area contributed by atoms with Crippen LogP contribution in [0.5, 0.6) is 5.75 Å². The molecule has 1 N–H and O–H groups in total. The van der Waals surface area contributed by atoms with E-state index in [2.05, 4.69) is 5.32 Å². The summed E-state index contributed by atoms with van der Waals surface area (Å²) < 4.78 is 5.73. The number of benzene rings is 2. The lowest BCUT2D eigenvalue weighted by molar-refractivity contribution is -0.142. The summed E-state index contributed by atoms with van der Waals surface area (Å²) in [7, 11) is 0. The molecule has 0 bridgehead atoms. The van der Waals surface area contributed by atoms with Gasteiger partial charge < -0.3 is 15.0 Å². The van der Waals surface area contributed by atoms with Crippen molar-refractivity contribution >= 4 is 35.0 Å². The van der Waals surface area contributed by atoms with E-state index >= 15 is 0 Å². The summed E-state index contributed by atoms with van der Waals surface area (Å²) in [5, 5.41) is 4.06. The summed E-state index contributed by atoms with van der Waals surface area (Å²) in [5.41, 5.74) is 2.50. The predicted octanol–water partition coefficient (Wildman–Crippen LogP) is 4.93. The Kier molecular flexibility index (Phi) is 8.56. The van der Waals surface area contributed by atoms with Crippen LogP contribution in [0, 0.1) is 13.8 Å². The standard InChI is InChI=1S/C23H28Cl2N2O3/c1-14(2)26-23(29)17(5)27(12-18-8-6-7-9-20(18)24)21(28)13-30-19-10-15(3)22(25)16(4)11-19/h6-11,14,17H,12-13H2,1-5H3,(H,26,29). The molecule has 0 heterocycles. The fourth-order valence-electron chi connectivity index (χ4n) is 3.02. The van der Waals surface area contributed by atoms with Gasteiger partial charge in [-0.05, 0) is 69.5 Å². The van der Waals surface area contributed by atoms with Gasteiger partial charge in [0.1, 0.15) is 11.8 Å². The number of rotatable bonds is 8. The van der Waals surface area contributed by atoms with Crippen LogP contribution in [0.15, 0.2) is 36.4 Å². The maximum absolute atomic E-state index is 13.1. The smallest absolute Gasteiger partial charge is 0.261 e. The third-order valence-corrected chi connectivity index (χ3v) is 5.63. The zero-order valence-electron chi connectivity index (χ0n) is 18.0. The Bertz CT molecular complexity index is 892. The number of ether oxygens (including phenoxy) is 1. The molecule has 162 valence electrons.